The summed E-state index contributed by atoms with van der Waals surface area (Å²) in [5.41, 5.74) is 0.625. The van der Waals surface area contributed by atoms with Gasteiger partial charge in [0.25, 0.3) is 0 Å². The molecule has 0 aliphatic heterocycles. The first kappa shape index (κ1) is 10.7. The van der Waals surface area contributed by atoms with E-state index in [-0.39, 0.29) is 5.41 Å². The van der Waals surface area contributed by atoms with Gasteiger partial charge in [0.05, 0.1) is 11.8 Å². The van der Waals surface area contributed by atoms with E-state index in [0.29, 0.717) is 5.92 Å². The molecule has 0 aromatic carbocycles. The molecule has 0 saturated heterocycles. The average molecular weight is 268 g/mol. The van der Waals surface area contributed by atoms with Crippen LogP contribution in [0, 0.1) is 11.3 Å². The third kappa shape index (κ3) is 1.50. The summed E-state index contributed by atoms with van der Waals surface area (Å²) in [6.07, 6.45) is 1.88. The van der Waals surface area contributed by atoms with Crippen molar-refractivity contribution < 1.29 is 0 Å². The average Bonchev–Trinajstić information content (AvgIpc) is 2.92. The molecular formula is C11H14BrN3. The van der Waals surface area contributed by atoms with Crippen LogP contribution in [-0.4, -0.2) is 9.55 Å². The maximum Gasteiger partial charge on any atom is 0.112 e. The van der Waals surface area contributed by atoms with E-state index in [1.165, 1.54) is 0 Å². The summed E-state index contributed by atoms with van der Waals surface area (Å²) in [6, 6.07) is 2.38. The SMILES string of the molecule is CC(C)c1nc(C2(C#N)CC2)c(Br)n1C. The Kier molecular flexibility index (Phi) is 2.38. The van der Waals surface area contributed by atoms with Gasteiger partial charge >= 0.3 is 0 Å². The van der Waals surface area contributed by atoms with Crippen molar-refractivity contribution in [3.63, 3.8) is 0 Å². The molecule has 1 saturated carbocycles. The van der Waals surface area contributed by atoms with Crippen LogP contribution in [0.5, 0.6) is 0 Å². The lowest BCUT2D eigenvalue weighted by molar-refractivity contribution is 0.703. The second-order valence-electron chi connectivity index (χ2n) is 4.52. The Hall–Kier alpha value is -0.820. The highest BCUT2D eigenvalue weighted by molar-refractivity contribution is 9.10. The van der Waals surface area contributed by atoms with Crippen LogP contribution < -0.4 is 0 Å². The Morgan fingerprint density at radius 2 is 2.13 bits per heavy atom. The normalized spacial score (nSPS) is 17.9. The summed E-state index contributed by atoms with van der Waals surface area (Å²) in [6.45, 7) is 4.23. The van der Waals surface area contributed by atoms with Gasteiger partial charge in [-0.3, -0.25) is 0 Å². The molecule has 1 fully saturated rings. The molecule has 4 heteroatoms. The summed E-state index contributed by atoms with van der Waals surface area (Å²) < 4.78 is 3.00. The quantitative estimate of drug-likeness (QED) is 0.827. The zero-order valence-corrected chi connectivity index (χ0v) is 10.8. The minimum absolute atomic E-state index is 0.302. The van der Waals surface area contributed by atoms with Gasteiger partial charge in [-0.25, -0.2) is 4.98 Å². The number of halogens is 1. The Bertz CT molecular complexity index is 435. The molecule has 0 bridgehead atoms. The van der Waals surface area contributed by atoms with Crippen molar-refractivity contribution in [2.45, 2.75) is 38.0 Å². The maximum atomic E-state index is 9.15. The van der Waals surface area contributed by atoms with E-state index in [2.05, 4.69) is 40.8 Å². The predicted molar refractivity (Wildman–Crippen MR) is 61.5 cm³/mol. The number of nitriles is 1. The van der Waals surface area contributed by atoms with Crippen LogP contribution in [-0.2, 0) is 12.5 Å². The van der Waals surface area contributed by atoms with Crippen molar-refractivity contribution >= 4 is 15.9 Å². The minimum atomic E-state index is -0.302. The number of hydrogen-bond acceptors (Lipinski definition) is 2. The fourth-order valence-corrected chi connectivity index (χ4v) is 2.49. The Morgan fingerprint density at radius 3 is 2.47 bits per heavy atom. The van der Waals surface area contributed by atoms with Crippen LogP contribution in [0.3, 0.4) is 0 Å². The summed E-state index contributed by atoms with van der Waals surface area (Å²) in [5.74, 6) is 1.42. The number of hydrogen-bond donors (Lipinski definition) is 0. The van der Waals surface area contributed by atoms with E-state index in [0.717, 1.165) is 29.0 Å². The van der Waals surface area contributed by atoms with Crippen LogP contribution >= 0.6 is 15.9 Å². The second-order valence-corrected chi connectivity index (χ2v) is 5.27. The first-order valence-electron chi connectivity index (χ1n) is 5.15. The van der Waals surface area contributed by atoms with Crippen LogP contribution in [0.2, 0.25) is 0 Å². The van der Waals surface area contributed by atoms with Crippen LogP contribution in [0.4, 0.5) is 0 Å². The number of rotatable bonds is 2. The minimum Gasteiger partial charge on any atom is -0.325 e. The van der Waals surface area contributed by atoms with Crippen LogP contribution in [0.1, 0.15) is 44.1 Å². The zero-order valence-electron chi connectivity index (χ0n) is 9.21. The molecule has 80 valence electrons. The fourth-order valence-electron chi connectivity index (χ4n) is 1.84. The lowest BCUT2D eigenvalue weighted by atomic mass is 10.1. The summed E-state index contributed by atoms with van der Waals surface area (Å²) >= 11 is 3.54. The molecule has 0 amide bonds. The Labute approximate surface area is 98.2 Å². The van der Waals surface area contributed by atoms with Gasteiger partial charge in [0.15, 0.2) is 0 Å². The highest BCUT2D eigenvalue weighted by Gasteiger charge is 2.49. The van der Waals surface area contributed by atoms with Crippen LogP contribution in [0.15, 0.2) is 4.60 Å². The summed E-state index contributed by atoms with van der Waals surface area (Å²) in [5, 5.41) is 9.15. The van der Waals surface area contributed by atoms with E-state index in [1.54, 1.807) is 0 Å². The molecule has 0 unspecified atom stereocenters. The monoisotopic (exact) mass is 267 g/mol. The van der Waals surface area contributed by atoms with E-state index in [1.807, 2.05) is 11.6 Å². The molecular weight excluding hydrogens is 254 g/mol. The highest BCUT2D eigenvalue weighted by Crippen LogP contribution is 2.49. The number of nitrogens with zero attached hydrogens (tertiary/aromatic N) is 3. The van der Waals surface area contributed by atoms with Gasteiger partial charge in [0.1, 0.15) is 15.8 Å². The lowest BCUT2D eigenvalue weighted by Crippen LogP contribution is -2.04. The molecule has 1 aromatic rings. The van der Waals surface area contributed by atoms with Crippen molar-refractivity contribution in [2.24, 2.45) is 7.05 Å². The van der Waals surface area contributed by atoms with Gasteiger partial charge in [-0.1, -0.05) is 13.8 Å². The topological polar surface area (TPSA) is 41.6 Å². The smallest absolute Gasteiger partial charge is 0.112 e. The summed E-state index contributed by atoms with van der Waals surface area (Å²) in [4.78, 5) is 4.61. The van der Waals surface area contributed by atoms with Crippen molar-refractivity contribution in [3.05, 3.63) is 16.1 Å². The maximum absolute atomic E-state index is 9.15. The van der Waals surface area contributed by atoms with Gasteiger partial charge < -0.3 is 4.57 Å². The number of imidazole rings is 1. The van der Waals surface area contributed by atoms with Crippen LogP contribution in [0.25, 0.3) is 0 Å². The molecule has 0 radical (unpaired) electrons. The van der Waals surface area contributed by atoms with Gasteiger partial charge in [-0.15, -0.1) is 0 Å². The van der Waals surface area contributed by atoms with E-state index >= 15 is 0 Å². The molecule has 1 aliphatic carbocycles. The van der Waals surface area contributed by atoms with E-state index in [9.17, 15) is 0 Å². The fraction of sp³-hybridized carbons (Fsp3) is 0.636. The zero-order chi connectivity index (χ0) is 11.2. The molecule has 15 heavy (non-hydrogen) atoms. The molecule has 1 aromatic heterocycles. The van der Waals surface area contributed by atoms with Gasteiger partial charge in [-0.2, -0.15) is 5.26 Å². The molecule has 1 heterocycles. The largest absolute Gasteiger partial charge is 0.325 e. The first-order valence-corrected chi connectivity index (χ1v) is 5.95. The molecule has 3 nitrogen and oxygen atoms in total. The number of aromatic nitrogens is 2. The third-order valence-corrected chi connectivity index (χ3v) is 3.90. The first-order chi connectivity index (χ1) is 7.02. The summed E-state index contributed by atoms with van der Waals surface area (Å²) in [7, 11) is 1.99. The lowest BCUT2D eigenvalue weighted by Gasteiger charge is -2.04. The van der Waals surface area contributed by atoms with E-state index in [4.69, 9.17) is 5.26 Å². The highest BCUT2D eigenvalue weighted by atomic mass is 79.9. The van der Waals surface area contributed by atoms with Crippen molar-refractivity contribution in [2.75, 3.05) is 0 Å². The predicted octanol–water partition coefficient (Wildman–Crippen LogP) is 2.86. The molecule has 0 atom stereocenters. The molecule has 0 spiro atoms. The van der Waals surface area contributed by atoms with Crippen molar-refractivity contribution in [1.29, 1.82) is 5.26 Å². The van der Waals surface area contributed by atoms with E-state index < -0.39 is 0 Å². The van der Waals surface area contributed by atoms with Gasteiger partial charge in [0.2, 0.25) is 0 Å². The standard InChI is InChI=1S/C11H14BrN3/c1-7(2)10-14-8(9(12)15(10)3)11(6-13)4-5-11/h7H,4-5H2,1-3H3. The van der Waals surface area contributed by atoms with Gasteiger partial charge in [-0.05, 0) is 28.8 Å². The Morgan fingerprint density at radius 1 is 1.53 bits per heavy atom. The second kappa shape index (κ2) is 3.34. The molecule has 2 rings (SSSR count). The van der Waals surface area contributed by atoms with Crippen molar-refractivity contribution in [3.8, 4) is 6.07 Å². The Balaban J connectivity index is 2.52. The molecule has 1 aliphatic rings. The van der Waals surface area contributed by atoms with Crippen molar-refractivity contribution in [1.82, 2.24) is 9.55 Å². The van der Waals surface area contributed by atoms with Gasteiger partial charge in [0, 0.05) is 13.0 Å². The molecule has 0 N–H and O–H groups in total. The third-order valence-electron chi connectivity index (χ3n) is 2.99.